The predicted molar refractivity (Wildman–Crippen MR) is 130 cm³/mol. The van der Waals surface area contributed by atoms with Crippen molar-refractivity contribution in [2.75, 3.05) is 33.0 Å². The summed E-state index contributed by atoms with van der Waals surface area (Å²) in [5.41, 5.74) is 13.0. The van der Waals surface area contributed by atoms with Gasteiger partial charge in [-0.05, 0) is 85.5 Å². The number of ether oxygens (including phenoxy) is 1. The Hall–Kier alpha value is -2.11. The van der Waals surface area contributed by atoms with Crippen LogP contribution in [0.5, 0.6) is 0 Å². The van der Waals surface area contributed by atoms with E-state index in [0.717, 1.165) is 57.6 Å². The number of rotatable bonds is 4. The molecule has 1 aliphatic carbocycles. The molecule has 2 heterocycles. The van der Waals surface area contributed by atoms with Gasteiger partial charge in [0.05, 0.1) is 7.11 Å². The second-order valence-electron chi connectivity index (χ2n) is 9.36. The van der Waals surface area contributed by atoms with E-state index < -0.39 is 0 Å². The molecular weight excluding hydrogens is 404 g/mol. The van der Waals surface area contributed by atoms with Crippen LogP contribution in [0, 0.1) is 18.8 Å². The first-order valence-electron chi connectivity index (χ1n) is 11.4. The van der Waals surface area contributed by atoms with Gasteiger partial charge in [-0.25, -0.2) is 4.79 Å². The summed E-state index contributed by atoms with van der Waals surface area (Å²) in [5, 5.41) is 0. The zero-order valence-corrected chi connectivity index (χ0v) is 20.0. The molecule has 1 aliphatic heterocycles. The zero-order valence-electron chi connectivity index (χ0n) is 19.2. The van der Waals surface area contributed by atoms with Gasteiger partial charge >= 0.3 is 5.97 Å². The third-order valence-corrected chi connectivity index (χ3v) is 8.23. The van der Waals surface area contributed by atoms with Gasteiger partial charge in [0.25, 0.3) is 0 Å². The highest BCUT2D eigenvalue weighted by Gasteiger charge is 2.30. The summed E-state index contributed by atoms with van der Waals surface area (Å²) in [6.07, 6.45) is 6.10. The molecule has 0 radical (unpaired) electrons. The van der Waals surface area contributed by atoms with Gasteiger partial charge in [0.1, 0.15) is 4.88 Å². The van der Waals surface area contributed by atoms with Crippen molar-refractivity contribution in [3.63, 3.8) is 0 Å². The second-order valence-corrected chi connectivity index (χ2v) is 10.4. The summed E-state index contributed by atoms with van der Waals surface area (Å²) in [4.78, 5) is 17.0. The average molecular weight is 439 g/mol. The van der Waals surface area contributed by atoms with E-state index in [1.54, 1.807) is 16.9 Å². The highest BCUT2D eigenvalue weighted by atomic mass is 32.1. The van der Waals surface area contributed by atoms with Gasteiger partial charge < -0.3 is 15.4 Å². The molecule has 4 nitrogen and oxygen atoms in total. The van der Waals surface area contributed by atoms with Crippen molar-refractivity contribution in [1.29, 1.82) is 0 Å². The number of nitrogens with zero attached hydrogens (tertiary/aromatic N) is 1. The largest absolute Gasteiger partial charge is 0.465 e. The first-order valence-corrected chi connectivity index (χ1v) is 12.2. The van der Waals surface area contributed by atoms with Crippen molar-refractivity contribution in [2.24, 2.45) is 11.8 Å². The summed E-state index contributed by atoms with van der Waals surface area (Å²) >= 11 is 1.54. The molecule has 1 aromatic heterocycles. The average Bonchev–Trinajstić information content (AvgIpc) is 3.21. The van der Waals surface area contributed by atoms with Crippen molar-refractivity contribution in [3.8, 4) is 10.4 Å². The minimum Gasteiger partial charge on any atom is -0.465 e. The lowest BCUT2D eigenvalue weighted by Gasteiger charge is -2.35. The SMILES string of the molecule is COC(=O)c1sc(-c2ccc(N)c(C)c2)cc1C1=C(C2CCC(C)CC2)CN(C)CC1. The van der Waals surface area contributed by atoms with E-state index in [0.29, 0.717) is 5.92 Å². The Balaban J connectivity index is 1.81. The Morgan fingerprint density at radius 3 is 2.61 bits per heavy atom. The van der Waals surface area contributed by atoms with E-state index in [1.807, 2.05) is 19.1 Å². The maximum Gasteiger partial charge on any atom is 0.348 e. The van der Waals surface area contributed by atoms with Crippen molar-refractivity contribution in [2.45, 2.75) is 46.0 Å². The molecule has 2 aromatic rings. The molecule has 1 fully saturated rings. The molecule has 2 N–H and O–H groups in total. The number of carbonyl (C=O) groups excluding carboxylic acids is 1. The van der Waals surface area contributed by atoms with E-state index in [2.05, 4.69) is 31.0 Å². The standard InChI is InChI=1S/C26H34N2O2S/c1-16-5-7-18(8-6-16)22-15-28(3)12-11-20(22)21-14-24(31-25(21)26(29)30-4)19-9-10-23(27)17(2)13-19/h9-10,13-14,16,18H,5-8,11-12,15,27H2,1-4H3. The fourth-order valence-electron chi connectivity index (χ4n) is 5.05. The molecule has 0 saturated heterocycles. The molecule has 1 saturated carbocycles. The smallest absolute Gasteiger partial charge is 0.348 e. The van der Waals surface area contributed by atoms with Crippen LogP contribution in [0.15, 0.2) is 29.8 Å². The number of nitrogen functional groups attached to an aromatic ring is 1. The van der Waals surface area contributed by atoms with E-state index in [9.17, 15) is 4.79 Å². The molecule has 0 amide bonds. The van der Waals surface area contributed by atoms with Crippen molar-refractivity contribution >= 4 is 28.6 Å². The van der Waals surface area contributed by atoms with Crippen LogP contribution in [0.25, 0.3) is 16.0 Å². The van der Waals surface area contributed by atoms with Crippen LogP contribution < -0.4 is 5.73 Å². The number of hydrogen-bond donors (Lipinski definition) is 1. The maximum absolute atomic E-state index is 12.8. The zero-order chi connectivity index (χ0) is 22.1. The summed E-state index contributed by atoms with van der Waals surface area (Å²) in [6, 6.07) is 8.32. The number of anilines is 1. The number of nitrogens with two attached hydrogens (primary N) is 1. The molecule has 166 valence electrons. The van der Waals surface area contributed by atoms with Gasteiger partial charge in [-0.3, -0.25) is 0 Å². The second kappa shape index (κ2) is 9.17. The monoisotopic (exact) mass is 438 g/mol. The fraction of sp³-hybridized carbons (Fsp3) is 0.500. The molecule has 0 unspecified atom stereocenters. The fourth-order valence-corrected chi connectivity index (χ4v) is 6.15. The molecule has 1 aromatic carbocycles. The normalized spacial score (nSPS) is 22.6. The molecule has 31 heavy (non-hydrogen) atoms. The number of carbonyl (C=O) groups is 1. The topological polar surface area (TPSA) is 55.6 Å². The molecule has 5 heteroatoms. The number of likely N-dealkylation sites (N-methyl/N-ethyl adjacent to an activating group) is 1. The van der Waals surface area contributed by atoms with E-state index >= 15 is 0 Å². The van der Waals surface area contributed by atoms with Crippen LogP contribution >= 0.6 is 11.3 Å². The minimum absolute atomic E-state index is 0.235. The molecular formula is C26H34N2O2S. The number of benzene rings is 1. The van der Waals surface area contributed by atoms with Gasteiger partial charge in [-0.2, -0.15) is 0 Å². The lowest BCUT2D eigenvalue weighted by Crippen LogP contribution is -2.31. The third-order valence-electron chi connectivity index (χ3n) is 7.06. The van der Waals surface area contributed by atoms with Crippen LogP contribution in [0.2, 0.25) is 0 Å². The summed E-state index contributed by atoms with van der Waals surface area (Å²) in [5.74, 6) is 1.22. The number of methoxy groups -OCH3 is 1. The highest BCUT2D eigenvalue weighted by molar-refractivity contribution is 7.17. The van der Waals surface area contributed by atoms with Crippen molar-refractivity contribution in [1.82, 2.24) is 4.90 Å². The van der Waals surface area contributed by atoms with Crippen LogP contribution in [-0.4, -0.2) is 38.1 Å². The van der Waals surface area contributed by atoms with Gasteiger partial charge in [0.15, 0.2) is 0 Å². The quantitative estimate of drug-likeness (QED) is 0.469. The first-order chi connectivity index (χ1) is 14.9. The minimum atomic E-state index is -0.235. The van der Waals surface area contributed by atoms with E-state index in [-0.39, 0.29) is 5.97 Å². The van der Waals surface area contributed by atoms with Crippen LogP contribution in [-0.2, 0) is 4.74 Å². The van der Waals surface area contributed by atoms with E-state index in [1.165, 1.54) is 38.4 Å². The number of esters is 1. The van der Waals surface area contributed by atoms with Crippen molar-refractivity contribution < 1.29 is 9.53 Å². The van der Waals surface area contributed by atoms with Gasteiger partial charge in [-0.1, -0.05) is 25.8 Å². The molecule has 2 aliphatic rings. The summed E-state index contributed by atoms with van der Waals surface area (Å²) < 4.78 is 5.19. The summed E-state index contributed by atoms with van der Waals surface area (Å²) in [7, 11) is 3.69. The molecule has 0 atom stereocenters. The van der Waals surface area contributed by atoms with Gasteiger partial charge in [0, 0.05) is 29.2 Å². The third kappa shape index (κ3) is 4.58. The Labute approximate surface area is 190 Å². The predicted octanol–water partition coefficient (Wildman–Crippen LogP) is 6.01. The Bertz CT molecular complexity index is 999. The van der Waals surface area contributed by atoms with Crippen LogP contribution in [0.3, 0.4) is 0 Å². The van der Waals surface area contributed by atoms with Gasteiger partial charge in [0.2, 0.25) is 0 Å². The van der Waals surface area contributed by atoms with Crippen molar-refractivity contribution in [3.05, 3.63) is 45.8 Å². The number of aryl methyl sites for hydroxylation is 1. The Morgan fingerprint density at radius 1 is 1.19 bits per heavy atom. The number of thiophene rings is 1. The highest BCUT2D eigenvalue weighted by Crippen LogP contribution is 2.43. The Morgan fingerprint density at radius 2 is 1.94 bits per heavy atom. The van der Waals surface area contributed by atoms with Gasteiger partial charge in [-0.15, -0.1) is 11.3 Å². The lowest BCUT2D eigenvalue weighted by molar-refractivity contribution is 0.0606. The molecule has 0 spiro atoms. The maximum atomic E-state index is 12.8. The van der Waals surface area contributed by atoms with E-state index in [4.69, 9.17) is 10.5 Å². The molecule has 4 rings (SSSR count). The first kappa shape index (κ1) is 22.1. The van der Waals surface area contributed by atoms with Crippen LogP contribution in [0.4, 0.5) is 5.69 Å². The Kier molecular flexibility index (Phi) is 6.54. The summed E-state index contributed by atoms with van der Waals surface area (Å²) in [6.45, 7) is 6.42. The van der Waals surface area contributed by atoms with Crippen LogP contribution in [0.1, 0.15) is 59.8 Å². The lowest BCUT2D eigenvalue weighted by atomic mass is 9.75. The number of hydrogen-bond acceptors (Lipinski definition) is 5. The molecule has 0 bridgehead atoms.